The summed E-state index contributed by atoms with van der Waals surface area (Å²) in [5.41, 5.74) is 2.56. The van der Waals surface area contributed by atoms with Crippen molar-refractivity contribution in [3.63, 3.8) is 0 Å². The molecule has 0 aliphatic carbocycles. The fourth-order valence-corrected chi connectivity index (χ4v) is 1.75. The first-order chi connectivity index (χ1) is 9.81. The molecule has 1 N–H and O–H groups in total. The van der Waals surface area contributed by atoms with E-state index in [1.165, 1.54) is 12.1 Å². The second-order valence-electron chi connectivity index (χ2n) is 4.24. The van der Waals surface area contributed by atoms with Gasteiger partial charge in [-0.3, -0.25) is 4.98 Å². The Morgan fingerprint density at radius 2 is 1.75 bits per heavy atom. The van der Waals surface area contributed by atoms with Crippen molar-refractivity contribution < 1.29 is 4.39 Å². The number of halogens is 1. The van der Waals surface area contributed by atoms with Gasteiger partial charge in [-0.25, -0.2) is 4.39 Å². The number of pyridine rings is 1. The van der Waals surface area contributed by atoms with Crippen LogP contribution in [0.3, 0.4) is 0 Å². The zero-order valence-corrected chi connectivity index (χ0v) is 10.4. The molecule has 0 spiro atoms. The maximum Gasteiger partial charge on any atom is 0.226 e. The van der Waals surface area contributed by atoms with Gasteiger partial charge in [0.1, 0.15) is 5.82 Å². The van der Waals surface area contributed by atoms with Gasteiger partial charge >= 0.3 is 0 Å². The SMILES string of the molecule is Fc1ccc(CNc2ccc(C3N=NN=N3)nc2)cc1. The molecule has 0 amide bonds. The van der Waals surface area contributed by atoms with Crippen LogP contribution < -0.4 is 5.32 Å². The molecule has 0 fully saturated rings. The third kappa shape index (κ3) is 2.82. The van der Waals surface area contributed by atoms with E-state index in [0.29, 0.717) is 12.2 Å². The highest BCUT2D eigenvalue weighted by Crippen LogP contribution is 2.22. The first-order valence-electron chi connectivity index (χ1n) is 6.05. The summed E-state index contributed by atoms with van der Waals surface area (Å²) in [5.74, 6) is -0.236. The predicted octanol–water partition coefficient (Wildman–Crippen LogP) is 3.66. The lowest BCUT2D eigenvalue weighted by molar-refractivity contribution is 0.627. The molecule has 0 atom stereocenters. The number of nitrogens with zero attached hydrogens (tertiary/aromatic N) is 5. The van der Waals surface area contributed by atoms with Gasteiger partial charge in [0.05, 0.1) is 17.6 Å². The van der Waals surface area contributed by atoms with Gasteiger partial charge in [-0.1, -0.05) is 12.1 Å². The van der Waals surface area contributed by atoms with Gasteiger partial charge in [0.25, 0.3) is 0 Å². The minimum Gasteiger partial charge on any atom is -0.380 e. The van der Waals surface area contributed by atoms with Crippen molar-refractivity contribution in [1.29, 1.82) is 0 Å². The van der Waals surface area contributed by atoms with Crippen molar-refractivity contribution in [3.8, 4) is 0 Å². The first kappa shape index (κ1) is 12.3. The summed E-state index contributed by atoms with van der Waals surface area (Å²) in [6.45, 7) is 0.601. The molecule has 100 valence electrons. The second-order valence-corrected chi connectivity index (χ2v) is 4.24. The van der Waals surface area contributed by atoms with Crippen LogP contribution in [0, 0.1) is 5.82 Å². The molecule has 2 heterocycles. The molecule has 1 aliphatic rings. The molecular weight excluding hydrogens is 259 g/mol. The minimum absolute atomic E-state index is 0.236. The van der Waals surface area contributed by atoms with E-state index in [1.54, 1.807) is 18.3 Å². The van der Waals surface area contributed by atoms with Crippen molar-refractivity contribution in [2.24, 2.45) is 20.7 Å². The Morgan fingerprint density at radius 3 is 2.40 bits per heavy atom. The average Bonchev–Trinajstić information content (AvgIpc) is 3.01. The number of anilines is 1. The van der Waals surface area contributed by atoms with Crippen LogP contribution in [0.15, 0.2) is 63.3 Å². The van der Waals surface area contributed by atoms with E-state index in [-0.39, 0.29) is 5.82 Å². The van der Waals surface area contributed by atoms with E-state index in [4.69, 9.17) is 0 Å². The smallest absolute Gasteiger partial charge is 0.226 e. The van der Waals surface area contributed by atoms with E-state index in [0.717, 1.165) is 11.3 Å². The van der Waals surface area contributed by atoms with Crippen LogP contribution in [-0.4, -0.2) is 4.98 Å². The number of rotatable bonds is 4. The molecular formula is C13H11FN6. The molecule has 1 aromatic heterocycles. The van der Waals surface area contributed by atoms with E-state index in [1.807, 2.05) is 12.1 Å². The summed E-state index contributed by atoms with van der Waals surface area (Å²) in [7, 11) is 0. The van der Waals surface area contributed by atoms with E-state index < -0.39 is 6.17 Å². The molecule has 0 bridgehead atoms. The van der Waals surface area contributed by atoms with Gasteiger partial charge in [-0.05, 0) is 40.3 Å². The van der Waals surface area contributed by atoms with Crippen LogP contribution in [0.2, 0.25) is 0 Å². The molecule has 1 aromatic carbocycles. The van der Waals surface area contributed by atoms with Crippen LogP contribution in [0.4, 0.5) is 10.1 Å². The molecule has 0 saturated carbocycles. The van der Waals surface area contributed by atoms with E-state index in [9.17, 15) is 4.39 Å². The highest BCUT2D eigenvalue weighted by molar-refractivity contribution is 5.42. The number of aromatic nitrogens is 1. The lowest BCUT2D eigenvalue weighted by Gasteiger charge is -2.07. The summed E-state index contributed by atoms with van der Waals surface area (Å²) >= 11 is 0. The Balaban J connectivity index is 1.62. The summed E-state index contributed by atoms with van der Waals surface area (Å²) in [5, 5.41) is 17.7. The van der Waals surface area contributed by atoms with Gasteiger partial charge in [0.2, 0.25) is 6.17 Å². The zero-order chi connectivity index (χ0) is 13.8. The van der Waals surface area contributed by atoms with Gasteiger partial charge in [0, 0.05) is 6.54 Å². The average molecular weight is 270 g/mol. The predicted molar refractivity (Wildman–Crippen MR) is 70.4 cm³/mol. The number of hydrogen-bond acceptors (Lipinski definition) is 6. The Morgan fingerprint density at radius 1 is 1.00 bits per heavy atom. The first-order valence-corrected chi connectivity index (χ1v) is 6.05. The van der Waals surface area contributed by atoms with Gasteiger partial charge < -0.3 is 5.32 Å². The maximum atomic E-state index is 12.8. The third-order valence-electron chi connectivity index (χ3n) is 2.82. The van der Waals surface area contributed by atoms with Crippen LogP contribution in [0.25, 0.3) is 0 Å². The number of nitrogens with one attached hydrogen (secondary N) is 1. The van der Waals surface area contributed by atoms with E-state index >= 15 is 0 Å². The molecule has 1 aliphatic heterocycles. The minimum atomic E-state index is -0.429. The van der Waals surface area contributed by atoms with E-state index in [2.05, 4.69) is 31.0 Å². The summed E-state index contributed by atoms with van der Waals surface area (Å²) in [4.78, 5) is 4.26. The maximum absolute atomic E-state index is 12.8. The van der Waals surface area contributed by atoms with Crippen LogP contribution in [-0.2, 0) is 6.54 Å². The monoisotopic (exact) mass is 270 g/mol. The van der Waals surface area contributed by atoms with Crippen LogP contribution >= 0.6 is 0 Å². The van der Waals surface area contributed by atoms with Crippen molar-refractivity contribution in [2.45, 2.75) is 12.7 Å². The van der Waals surface area contributed by atoms with Gasteiger partial charge in [0.15, 0.2) is 0 Å². The largest absolute Gasteiger partial charge is 0.380 e. The highest BCUT2D eigenvalue weighted by Gasteiger charge is 2.13. The lowest BCUT2D eigenvalue weighted by atomic mass is 10.2. The third-order valence-corrected chi connectivity index (χ3v) is 2.82. The van der Waals surface area contributed by atoms with Gasteiger partial charge in [-0.15, -0.1) is 10.2 Å². The highest BCUT2D eigenvalue weighted by atomic mass is 19.1. The van der Waals surface area contributed by atoms with Crippen molar-refractivity contribution in [2.75, 3.05) is 5.32 Å². The van der Waals surface area contributed by atoms with Crippen molar-refractivity contribution >= 4 is 5.69 Å². The molecule has 7 heteroatoms. The Hall–Kier alpha value is -2.70. The fraction of sp³-hybridized carbons (Fsp3) is 0.154. The molecule has 0 radical (unpaired) electrons. The van der Waals surface area contributed by atoms with Crippen molar-refractivity contribution in [1.82, 2.24) is 4.98 Å². The summed E-state index contributed by atoms with van der Waals surface area (Å²) in [6.07, 6.45) is 1.27. The van der Waals surface area contributed by atoms with Gasteiger partial charge in [-0.2, -0.15) is 0 Å². The molecule has 0 saturated heterocycles. The topological polar surface area (TPSA) is 74.4 Å². The van der Waals surface area contributed by atoms with Crippen LogP contribution in [0.5, 0.6) is 0 Å². The number of benzene rings is 1. The molecule has 6 nitrogen and oxygen atoms in total. The summed E-state index contributed by atoms with van der Waals surface area (Å²) in [6, 6.07) is 10.1. The number of hydrogen-bond donors (Lipinski definition) is 1. The van der Waals surface area contributed by atoms with Crippen molar-refractivity contribution in [3.05, 3.63) is 59.7 Å². The normalized spacial score (nSPS) is 13.8. The molecule has 2 aromatic rings. The zero-order valence-electron chi connectivity index (χ0n) is 10.4. The molecule has 0 unspecified atom stereocenters. The van der Waals surface area contributed by atoms with Crippen LogP contribution in [0.1, 0.15) is 17.4 Å². The quantitative estimate of drug-likeness (QED) is 0.920. The standard InChI is InChI=1S/C13H11FN6/c14-10-3-1-9(2-4-10)7-15-11-5-6-12(16-8-11)13-17-19-20-18-13/h1-6,8,13,15H,7H2. The fourth-order valence-electron chi connectivity index (χ4n) is 1.75. The Labute approximate surface area is 114 Å². The molecule has 20 heavy (non-hydrogen) atoms. The lowest BCUT2D eigenvalue weighted by Crippen LogP contribution is -2.01. The Bertz CT molecular complexity index is 623. The molecule has 3 rings (SSSR count). The Kier molecular flexibility index (Phi) is 3.40. The summed E-state index contributed by atoms with van der Waals surface area (Å²) < 4.78 is 12.8. The second kappa shape index (κ2) is 5.52.